The lowest BCUT2D eigenvalue weighted by atomic mass is 10.0. The highest BCUT2D eigenvalue weighted by Gasteiger charge is 2.41. The van der Waals surface area contributed by atoms with Gasteiger partial charge in [0.25, 0.3) is 0 Å². The van der Waals surface area contributed by atoms with Crippen LogP contribution in [0.3, 0.4) is 0 Å². The summed E-state index contributed by atoms with van der Waals surface area (Å²) in [6.45, 7) is 6.46. The number of amides is 1. The van der Waals surface area contributed by atoms with E-state index in [0.717, 1.165) is 6.42 Å². The predicted octanol–water partition coefficient (Wildman–Crippen LogP) is 1.14. The molecule has 1 fully saturated rings. The predicted molar refractivity (Wildman–Crippen MR) is 70.1 cm³/mol. The molecule has 6 heteroatoms. The van der Waals surface area contributed by atoms with Crippen molar-refractivity contribution >= 4 is 5.91 Å². The molecule has 0 unspecified atom stereocenters. The number of rotatable bonds is 5. The molecular weight excluding hydrogens is 244 g/mol. The van der Waals surface area contributed by atoms with Crippen molar-refractivity contribution in [1.82, 2.24) is 20.4 Å². The highest BCUT2D eigenvalue weighted by atomic mass is 16.5. The van der Waals surface area contributed by atoms with E-state index in [4.69, 9.17) is 4.52 Å². The number of hydrogen-bond donors (Lipinski definition) is 1. The second kappa shape index (κ2) is 4.92. The summed E-state index contributed by atoms with van der Waals surface area (Å²) < 4.78 is 5.19. The van der Waals surface area contributed by atoms with Crippen molar-refractivity contribution in [2.24, 2.45) is 11.8 Å². The molecule has 1 aromatic rings. The van der Waals surface area contributed by atoms with E-state index in [-0.39, 0.29) is 11.8 Å². The molecule has 19 heavy (non-hydrogen) atoms. The molecule has 1 heterocycles. The summed E-state index contributed by atoms with van der Waals surface area (Å²) in [5, 5.41) is 6.96. The first-order valence-corrected chi connectivity index (χ1v) is 6.59. The fourth-order valence-corrected chi connectivity index (χ4v) is 1.99. The minimum atomic E-state index is -0.604. The maximum absolute atomic E-state index is 12.0. The first kappa shape index (κ1) is 14.0. The van der Waals surface area contributed by atoms with Crippen LogP contribution < -0.4 is 5.32 Å². The lowest BCUT2D eigenvalue weighted by Crippen LogP contribution is -2.42. The lowest BCUT2D eigenvalue weighted by Gasteiger charge is -2.22. The molecule has 0 spiro atoms. The van der Waals surface area contributed by atoms with Gasteiger partial charge in [-0.05, 0) is 40.3 Å². The zero-order valence-corrected chi connectivity index (χ0v) is 12.2. The monoisotopic (exact) mass is 266 g/mol. The van der Waals surface area contributed by atoms with Crippen molar-refractivity contribution in [3.05, 3.63) is 11.7 Å². The fourth-order valence-electron chi connectivity index (χ4n) is 1.99. The Morgan fingerprint density at radius 2 is 2.16 bits per heavy atom. The second-order valence-corrected chi connectivity index (χ2v) is 6.18. The van der Waals surface area contributed by atoms with Gasteiger partial charge in [0.15, 0.2) is 5.82 Å². The average molecular weight is 266 g/mol. The average Bonchev–Trinajstić information content (AvgIpc) is 2.82. The molecule has 0 radical (unpaired) electrons. The van der Waals surface area contributed by atoms with E-state index in [2.05, 4.69) is 22.4 Å². The van der Waals surface area contributed by atoms with Crippen LogP contribution in [0.5, 0.6) is 0 Å². The van der Waals surface area contributed by atoms with Crippen molar-refractivity contribution in [3.63, 3.8) is 0 Å². The van der Waals surface area contributed by atoms with Gasteiger partial charge in [0.2, 0.25) is 11.8 Å². The molecule has 1 aromatic heterocycles. The van der Waals surface area contributed by atoms with Crippen LogP contribution in [-0.2, 0) is 16.9 Å². The summed E-state index contributed by atoms with van der Waals surface area (Å²) in [6, 6.07) is 0. The Morgan fingerprint density at radius 1 is 1.53 bits per heavy atom. The normalized spacial score (nSPS) is 22.6. The van der Waals surface area contributed by atoms with E-state index in [1.54, 1.807) is 0 Å². The van der Waals surface area contributed by atoms with E-state index in [9.17, 15) is 4.79 Å². The largest absolute Gasteiger partial charge is 0.344 e. The Labute approximate surface area is 113 Å². The smallest absolute Gasteiger partial charge is 0.240 e. The van der Waals surface area contributed by atoms with E-state index in [1.807, 2.05) is 32.8 Å². The van der Waals surface area contributed by atoms with Gasteiger partial charge in [0.1, 0.15) is 0 Å². The molecule has 1 aliphatic carbocycles. The molecular formula is C13H22N4O2. The van der Waals surface area contributed by atoms with Crippen LogP contribution in [0, 0.1) is 11.8 Å². The van der Waals surface area contributed by atoms with Gasteiger partial charge in [-0.25, -0.2) is 0 Å². The third kappa shape index (κ3) is 3.32. The van der Waals surface area contributed by atoms with Gasteiger partial charge in [0, 0.05) is 5.92 Å². The second-order valence-electron chi connectivity index (χ2n) is 6.18. The van der Waals surface area contributed by atoms with Crippen molar-refractivity contribution in [2.75, 3.05) is 14.1 Å². The van der Waals surface area contributed by atoms with Crippen LogP contribution in [0.4, 0.5) is 0 Å². The van der Waals surface area contributed by atoms with Crippen LogP contribution in [-0.4, -0.2) is 35.0 Å². The SMILES string of the molecule is C[C@@H]1C[C@@H]1C(=O)NC(C)(C)c1noc(CN(C)C)n1. The number of aromatic nitrogens is 2. The Hall–Kier alpha value is -1.43. The summed E-state index contributed by atoms with van der Waals surface area (Å²) >= 11 is 0. The van der Waals surface area contributed by atoms with Crippen LogP contribution in [0.25, 0.3) is 0 Å². The Morgan fingerprint density at radius 3 is 2.68 bits per heavy atom. The zero-order chi connectivity index (χ0) is 14.2. The molecule has 0 aromatic carbocycles. The first-order chi connectivity index (χ1) is 8.79. The lowest BCUT2D eigenvalue weighted by molar-refractivity contribution is -0.124. The zero-order valence-electron chi connectivity index (χ0n) is 12.2. The molecule has 0 bridgehead atoms. The molecule has 6 nitrogen and oxygen atoms in total. The summed E-state index contributed by atoms with van der Waals surface area (Å²) in [5.74, 6) is 1.79. The molecule has 0 aliphatic heterocycles. The maximum Gasteiger partial charge on any atom is 0.240 e. The molecule has 1 aliphatic rings. The van der Waals surface area contributed by atoms with Crippen molar-refractivity contribution < 1.29 is 9.32 Å². The Balaban J connectivity index is 2.02. The van der Waals surface area contributed by atoms with Crippen LogP contribution in [0.15, 0.2) is 4.52 Å². The fraction of sp³-hybridized carbons (Fsp3) is 0.769. The highest BCUT2D eigenvalue weighted by Crippen LogP contribution is 2.38. The molecule has 1 amide bonds. The maximum atomic E-state index is 12.0. The van der Waals surface area contributed by atoms with Crippen molar-refractivity contribution in [1.29, 1.82) is 0 Å². The number of nitrogens with one attached hydrogen (secondary N) is 1. The number of carbonyl (C=O) groups excluding carboxylic acids is 1. The Kier molecular flexibility index (Phi) is 3.62. The third-order valence-electron chi connectivity index (χ3n) is 3.36. The molecule has 1 N–H and O–H groups in total. The molecule has 106 valence electrons. The van der Waals surface area contributed by atoms with Crippen LogP contribution in [0.2, 0.25) is 0 Å². The van der Waals surface area contributed by atoms with Gasteiger partial charge in [-0.15, -0.1) is 0 Å². The summed E-state index contributed by atoms with van der Waals surface area (Å²) in [5.41, 5.74) is -0.604. The highest BCUT2D eigenvalue weighted by molar-refractivity contribution is 5.82. The minimum Gasteiger partial charge on any atom is -0.344 e. The number of nitrogens with zero attached hydrogens (tertiary/aromatic N) is 3. The summed E-state index contributed by atoms with van der Waals surface area (Å²) in [6.07, 6.45) is 0.972. The van der Waals surface area contributed by atoms with E-state index < -0.39 is 5.54 Å². The molecule has 2 rings (SSSR count). The van der Waals surface area contributed by atoms with E-state index in [1.165, 1.54) is 0 Å². The summed E-state index contributed by atoms with van der Waals surface area (Å²) in [4.78, 5) is 18.3. The van der Waals surface area contributed by atoms with E-state index >= 15 is 0 Å². The van der Waals surface area contributed by atoms with Gasteiger partial charge >= 0.3 is 0 Å². The quantitative estimate of drug-likeness (QED) is 0.865. The van der Waals surface area contributed by atoms with E-state index in [0.29, 0.717) is 24.2 Å². The standard InChI is InChI=1S/C13H22N4O2/c1-8-6-9(8)11(18)15-13(2,3)12-14-10(19-16-12)7-17(4)5/h8-9H,6-7H2,1-5H3,(H,15,18)/t8-,9+/m1/s1. The number of carbonyl (C=O) groups is 1. The van der Waals surface area contributed by atoms with Gasteiger partial charge in [0.05, 0.1) is 12.1 Å². The topological polar surface area (TPSA) is 71.3 Å². The van der Waals surface area contributed by atoms with Gasteiger partial charge < -0.3 is 14.7 Å². The molecule has 0 saturated heterocycles. The van der Waals surface area contributed by atoms with Gasteiger partial charge in [-0.3, -0.25) is 4.79 Å². The summed E-state index contributed by atoms with van der Waals surface area (Å²) in [7, 11) is 3.87. The first-order valence-electron chi connectivity index (χ1n) is 6.59. The van der Waals surface area contributed by atoms with Crippen LogP contribution in [0.1, 0.15) is 38.9 Å². The van der Waals surface area contributed by atoms with Gasteiger partial charge in [-0.2, -0.15) is 4.98 Å². The molecule has 2 atom stereocenters. The molecule has 1 saturated carbocycles. The number of hydrogen-bond acceptors (Lipinski definition) is 5. The van der Waals surface area contributed by atoms with Gasteiger partial charge in [-0.1, -0.05) is 12.1 Å². The van der Waals surface area contributed by atoms with Crippen molar-refractivity contribution in [2.45, 2.75) is 39.3 Å². The van der Waals surface area contributed by atoms with Crippen LogP contribution >= 0.6 is 0 Å². The minimum absolute atomic E-state index is 0.0801. The van der Waals surface area contributed by atoms with Crippen molar-refractivity contribution in [3.8, 4) is 0 Å². The third-order valence-corrected chi connectivity index (χ3v) is 3.36. The Bertz CT molecular complexity index is 467.